The van der Waals surface area contributed by atoms with Crippen molar-refractivity contribution in [3.05, 3.63) is 60.9 Å². The van der Waals surface area contributed by atoms with Gasteiger partial charge >= 0.3 is 0 Å². The molecule has 1 atom stereocenters. The van der Waals surface area contributed by atoms with E-state index in [9.17, 15) is 4.79 Å². The molecule has 0 aliphatic heterocycles. The van der Waals surface area contributed by atoms with Gasteiger partial charge in [0, 0.05) is 0 Å². The van der Waals surface area contributed by atoms with Gasteiger partial charge in [-0.2, -0.15) is 5.10 Å². The molecule has 0 spiro atoms. The first-order valence-corrected chi connectivity index (χ1v) is 11.8. The van der Waals surface area contributed by atoms with Crippen molar-refractivity contribution in [3.63, 3.8) is 0 Å². The Morgan fingerprint density at radius 3 is 2.78 bits per heavy atom. The molecule has 4 aromatic heterocycles. The van der Waals surface area contributed by atoms with E-state index in [1.54, 1.807) is 23.8 Å². The van der Waals surface area contributed by atoms with Crippen LogP contribution in [0.25, 0.3) is 27.1 Å². The Morgan fingerprint density at radius 1 is 1.22 bits per heavy atom. The maximum Gasteiger partial charge on any atom is 0.268 e. The van der Waals surface area contributed by atoms with Gasteiger partial charge in [-0.3, -0.25) is 9.89 Å². The molecule has 0 saturated heterocycles. The highest BCUT2D eigenvalue weighted by molar-refractivity contribution is 9.10. The first-order chi connectivity index (χ1) is 15.5. The molecule has 0 saturated carbocycles. The van der Waals surface area contributed by atoms with Gasteiger partial charge in [0.1, 0.15) is 22.5 Å². The van der Waals surface area contributed by atoms with Gasteiger partial charge in [0.15, 0.2) is 11.6 Å². The van der Waals surface area contributed by atoms with Crippen LogP contribution in [0, 0.1) is 0 Å². The molecule has 13 heteroatoms. The second kappa shape index (κ2) is 8.39. The van der Waals surface area contributed by atoms with E-state index in [-0.39, 0.29) is 16.0 Å². The van der Waals surface area contributed by atoms with Gasteiger partial charge in [0.2, 0.25) is 0 Å². The molecule has 0 bridgehead atoms. The van der Waals surface area contributed by atoms with Crippen molar-refractivity contribution in [1.82, 2.24) is 34.7 Å². The molecule has 1 aromatic carbocycles. The number of halogens is 3. The minimum Gasteiger partial charge on any atom is -0.358 e. The minimum atomic E-state index is -0.419. The topological polar surface area (TPSA) is 114 Å². The van der Waals surface area contributed by atoms with Crippen LogP contribution in [0.5, 0.6) is 0 Å². The standard InChI is InChI=1S/C19H13BrCl2N8OS/c1-2-11(27-15-14-18(24-6-23-15)32-7-25-14)17-28-13-10(22)4-3-9(21)12(13)19(31)30(17)16-8(20)5-26-29-16/h3-7,11H,2H2,1H3,(H,26,29)(H,23,24,27)/t11-/m0/s1. The molecule has 32 heavy (non-hydrogen) atoms. The second-order valence-electron chi connectivity index (χ2n) is 6.76. The zero-order valence-electron chi connectivity index (χ0n) is 16.3. The number of hydrogen-bond donors (Lipinski definition) is 2. The number of thiazole rings is 1. The van der Waals surface area contributed by atoms with Crippen molar-refractivity contribution in [1.29, 1.82) is 0 Å². The zero-order chi connectivity index (χ0) is 22.4. The summed E-state index contributed by atoms with van der Waals surface area (Å²) in [7, 11) is 0. The summed E-state index contributed by atoms with van der Waals surface area (Å²) in [5.74, 6) is 1.39. The van der Waals surface area contributed by atoms with E-state index < -0.39 is 6.04 Å². The molecular weight excluding hydrogens is 539 g/mol. The molecule has 0 radical (unpaired) electrons. The summed E-state index contributed by atoms with van der Waals surface area (Å²) in [5, 5.41) is 11.1. The van der Waals surface area contributed by atoms with Crippen LogP contribution in [0.2, 0.25) is 10.0 Å². The molecule has 5 rings (SSSR count). The average molecular weight is 552 g/mol. The Balaban J connectivity index is 1.78. The third-order valence-electron chi connectivity index (χ3n) is 4.91. The summed E-state index contributed by atoms with van der Waals surface area (Å²) in [6.45, 7) is 1.97. The molecule has 0 amide bonds. The van der Waals surface area contributed by atoms with Gasteiger partial charge in [-0.25, -0.2) is 24.5 Å². The number of H-pyrrole nitrogens is 1. The molecular formula is C19H13BrCl2N8OS. The summed E-state index contributed by atoms with van der Waals surface area (Å²) in [6, 6.07) is 2.78. The highest BCUT2D eigenvalue weighted by atomic mass is 79.9. The molecule has 9 nitrogen and oxygen atoms in total. The lowest BCUT2D eigenvalue weighted by atomic mass is 10.1. The van der Waals surface area contributed by atoms with E-state index in [1.807, 2.05) is 6.92 Å². The van der Waals surface area contributed by atoms with Crippen LogP contribution in [0.4, 0.5) is 5.82 Å². The number of fused-ring (bicyclic) bond motifs is 2. The monoisotopic (exact) mass is 550 g/mol. The molecule has 4 heterocycles. The number of aromatic nitrogens is 7. The summed E-state index contributed by atoms with van der Waals surface area (Å²) in [6.07, 6.45) is 3.61. The summed E-state index contributed by atoms with van der Waals surface area (Å²) >= 11 is 17.6. The Hall–Kier alpha value is -2.60. The summed E-state index contributed by atoms with van der Waals surface area (Å²) in [4.78, 5) is 32.1. The van der Waals surface area contributed by atoms with Gasteiger partial charge in [-0.1, -0.05) is 30.1 Å². The molecule has 2 N–H and O–H groups in total. The van der Waals surface area contributed by atoms with Gasteiger partial charge < -0.3 is 5.32 Å². The average Bonchev–Trinajstić information content (AvgIpc) is 3.43. The van der Waals surface area contributed by atoms with Crippen molar-refractivity contribution in [3.8, 4) is 5.82 Å². The fourth-order valence-electron chi connectivity index (χ4n) is 3.42. The van der Waals surface area contributed by atoms with Crippen molar-refractivity contribution < 1.29 is 0 Å². The van der Waals surface area contributed by atoms with Gasteiger partial charge in [0.05, 0.1) is 43.2 Å². The third kappa shape index (κ3) is 3.45. The Labute approximate surface area is 203 Å². The number of aromatic amines is 1. The largest absolute Gasteiger partial charge is 0.358 e. The number of anilines is 1. The van der Waals surface area contributed by atoms with Crippen molar-refractivity contribution in [2.75, 3.05) is 5.32 Å². The summed E-state index contributed by atoms with van der Waals surface area (Å²) in [5.41, 5.74) is 2.31. The molecule has 0 aliphatic carbocycles. The Morgan fingerprint density at radius 2 is 2.03 bits per heavy atom. The molecule has 162 valence electrons. The highest BCUT2D eigenvalue weighted by Crippen LogP contribution is 2.32. The van der Waals surface area contributed by atoms with E-state index in [0.29, 0.717) is 44.4 Å². The van der Waals surface area contributed by atoms with Crippen molar-refractivity contribution in [2.24, 2.45) is 0 Å². The maximum absolute atomic E-state index is 13.7. The van der Waals surface area contributed by atoms with Crippen LogP contribution in [0.15, 0.2) is 39.4 Å². The Bertz CT molecular complexity index is 1530. The molecule has 0 aliphatic rings. The lowest BCUT2D eigenvalue weighted by molar-refractivity contribution is 0.652. The number of nitrogens with one attached hydrogen (secondary N) is 2. The lowest BCUT2D eigenvalue weighted by Gasteiger charge is -2.22. The van der Waals surface area contributed by atoms with E-state index in [1.165, 1.54) is 22.2 Å². The van der Waals surface area contributed by atoms with E-state index in [0.717, 1.165) is 4.83 Å². The van der Waals surface area contributed by atoms with Crippen LogP contribution in [-0.4, -0.2) is 34.7 Å². The van der Waals surface area contributed by atoms with Crippen LogP contribution in [-0.2, 0) is 0 Å². The van der Waals surface area contributed by atoms with Crippen LogP contribution in [0.1, 0.15) is 25.2 Å². The van der Waals surface area contributed by atoms with Gasteiger partial charge in [0.25, 0.3) is 5.56 Å². The van der Waals surface area contributed by atoms with Crippen molar-refractivity contribution in [2.45, 2.75) is 19.4 Å². The lowest BCUT2D eigenvalue weighted by Crippen LogP contribution is -2.29. The number of rotatable bonds is 5. The van der Waals surface area contributed by atoms with Crippen molar-refractivity contribution >= 4 is 77.5 Å². The quantitative estimate of drug-likeness (QED) is 0.311. The number of nitrogens with zero attached hydrogens (tertiary/aromatic N) is 6. The SMILES string of the molecule is CC[C@H](Nc1ncnc2scnc12)c1nc2c(Cl)ccc(Cl)c2c(=O)n1-c1[nH]ncc1Br. The summed E-state index contributed by atoms with van der Waals surface area (Å²) < 4.78 is 2.04. The van der Waals surface area contributed by atoms with Crippen LogP contribution in [0.3, 0.4) is 0 Å². The normalized spacial score (nSPS) is 12.5. The molecule has 5 aromatic rings. The van der Waals surface area contributed by atoms with E-state index in [4.69, 9.17) is 28.2 Å². The minimum absolute atomic E-state index is 0.225. The second-order valence-corrected chi connectivity index (χ2v) is 9.27. The number of hydrogen-bond acceptors (Lipinski definition) is 8. The fraction of sp³-hybridized carbons (Fsp3) is 0.158. The fourth-order valence-corrected chi connectivity index (χ4v) is 4.85. The van der Waals surface area contributed by atoms with Gasteiger partial charge in [-0.15, -0.1) is 11.3 Å². The van der Waals surface area contributed by atoms with E-state index >= 15 is 0 Å². The predicted molar refractivity (Wildman–Crippen MR) is 129 cm³/mol. The van der Waals surface area contributed by atoms with Gasteiger partial charge in [-0.05, 0) is 34.5 Å². The zero-order valence-corrected chi connectivity index (χ0v) is 20.2. The maximum atomic E-state index is 13.7. The molecule has 0 unspecified atom stereocenters. The third-order valence-corrected chi connectivity index (χ3v) is 6.85. The highest BCUT2D eigenvalue weighted by Gasteiger charge is 2.25. The smallest absolute Gasteiger partial charge is 0.268 e. The van der Waals surface area contributed by atoms with Crippen LogP contribution < -0.4 is 10.9 Å². The predicted octanol–water partition coefficient (Wildman–Crippen LogP) is 5.14. The van der Waals surface area contributed by atoms with E-state index in [2.05, 4.69) is 46.4 Å². The Kier molecular flexibility index (Phi) is 5.58. The first kappa shape index (κ1) is 21.3. The number of benzene rings is 1. The first-order valence-electron chi connectivity index (χ1n) is 9.40. The molecule has 0 fully saturated rings. The van der Waals surface area contributed by atoms with Crippen LogP contribution >= 0.6 is 50.5 Å².